The summed E-state index contributed by atoms with van der Waals surface area (Å²) in [4.78, 5) is 29.3. The molecule has 4 rings (SSSR count). The van der Waals surface area contributed by atoms with Crippen LogP contribution >= 0.6 is 34.0 Å². The largest absolute Gasteiger partial charge is 1.00 e. The van der Waals surface area contributed by atoms with Crippen molar-refractivity contribution in [3.05, 3.63) is 95.6 Å². The molecule has 0 fully saturated rings. The van der Waals surface area contributed by atoms with E-state index in [9.17, 15) is 35.4 Å². The molecule has 0 atom stereocenters. The number of nitrogens with two attached hydrogens (primary N) is 2. The van der Waals surface area contributed by atoms with Crippen LogP contribution in [0.1, 0.15) is 45.7 Å². The summed E-state index contributed by atoms with van der Waals surface area (Å²) in [5.41, 5.74) is 6.96. The molecule has 0 aromatic carbocycles. The summed E-state index contributed by atoms with van der Waals surface area (Å²) < 4.78 is 6.03. The van der Waals surface area contributed by atoms with Gasteiger partial charge in [0.15, 0.2) is 0 Å². The van der Waals surface area contributed by atoms with E-state index in [1.54, 1.807) is 37.6 Å². The summed E-state index contributed by atoms with van der Waals surface area (Å²) in [7, 11) is 1.48. The van der Waals surface area contributed by atoms with Gasteiger partial charge in [-0.2, -0.15) is 0 Å². The molecule has 0 bridgehead atoms. The van der Waals surface area contributed by atoms with E-state index in [-0.39, 0.29) is 71.3 Å². The number of aromatic nitrogens is 3. The zero-order chi connectivity index (χ0) is 34.5. The minimum absolute atomic E-state index is 0. The van der Waals surface area contributed by atoms with Crippen molar-refractivity contribution in [2.45, 2.75) is 53.1 Å². The maximum absolute atomic E-state index is 10.3. The number of nitrogens with zero attached hydrogens (tertiary/aromatic N) is 6. The van der Waals surface area contributed by atoms with E-state index in [1.165, 1.54) is 41.8 Å². The van der Waals surface area contributed by atoms with Crippen molar-refractivity contribution in [3.63, 3.8) is 0 Å². The third-order valence-electron chi connectivity index (χ3n) is 4.08. The number of nitrogen functional groups attached to an aromatic ring is 2. The Labute approximate surface area is 315 Å². The molecule has 4 aromatic rings. The number of nitro groups is 3. The van der Waals surface area contributed by atoms with E-state index in [0.717, 1.165) is 46.6 Å². The molecule has 45 heavy (non-hydrogen) atoms. The Bertz CT molecular complexity index is 1330. The number of ether oxygens (including phenoxy) is 1. The minimum Gasteiger partial charge on any atom is -0.850 e. The van der Waals surface area contributed by atoms with Crippen LogP contribution in [-0.4, -0.2) is 42.4 Å². The first-order valence-electron chi connectivity index (χ1n) is 12.3. The van der Waals surface area contributed by atoms with Crippen LogP contribution < -0.4 is 72.8 Å². The molecular weight excluding hydrogens is 676 g/mol. The normalized spacial score (nSPS) is 9.22. The van der Waals surface area contributed by atoms with Gasteiger partial charge in [0.25, 0.3) is 0 Å². The third-order valence-corrected chi connectivity index (χ3v) is 6.86. The van der Waals surface area contributed by atoms with Crippen molar-refractivity contribution in [1.82, 2.24) is 14.9 Å². The molecule has 0 radical (unpaired) electrons. The molecule has 20 heteroatoms. The summed E-state index contributed by atoms with van der Waals surface area (Å²) in [6.45, 7) is 14.8. The van der Waals surface area contributed by atoms with Gasteiger partial charge >= 0.3 is 66.4 Å². The minimum atomic E-state index is -0.750. The number of methoxy groups -OCH3 is 1. The molecule has 0 aliphatic carbocycles. The second-order valence-corrected chi connectivity index (χ2v) is 11.2. The average molecular weight is 713 g/mol. The second kappa shape index (κ2) is 25.4. The Morgan fingerprint density at radius 1 is 0.889 bits per heavy atom. The molecule has 0 spiro atoms. The maximum atomic E-state index is 10.3. The molecule has 0 aliphatic rings. The van der Waals surface area contributed by atoms with Gasteiger partial charge in [0.1, 0.15) is 24.1 Å². The number of anilines is 1. The summed E-state index contributed by atoms with van der Waals surface area (Å²) in [6, 6.07) is 3.01. The van der Waals surface area contributed by atoms with E-state index < -0.39 is 15.4 Å². The molecule has 4 heterocycles. The predicted octanol–water partition coefficient (Wildman–Crippen LogP) is 2.63. The van der Waals surface area contributed by atoms with Crippen molar-refractivity contribution >= 4 is 54.7 Å². The molecule has 4 aromatic heterocycles. The molecular formula is C25H37KN8O8S3. The van der Waals surface area contributed by atoms with Gasteiger partial charge < -0.3 is 21.4 Å². The summed E-state index contributed by atoms with van der Waals surface area (Å²) in [5.74, 6) is 5.61. The van der Waals surface area contributed by atoms with Gasteiger partial charge in [-0.25, -0.2) is 4.68 Å². The quantitative estimate of drug-likeness (QED) is 0.0963. The Kier molecular flexibility index (Phi) is 26.3. The van der Waals surface area contributed by atoms with Gasteiger partial charge in [-0.1, -0.05) is 68.6 Å². The van der Waals surface area contributed by atoms with E-state index in [0.29, 0.717) is 11.4 Å². The average Bonchev–Trinajstić information content (AvgIpc) is 3.77. The fourth-order valence-electron chi connectivity index (χ4n) is 2.17. The van der Waals surface area contributed by atoms with E-state index >= 15 is 0 Å². The predicted molar refractivity (Wildman–Crippen MR) is 174 cm³/mol. The van der Waals surface area contributed by atoms with Crippen LogP contribution in [0, 0.1) is 30.3 Å². The number of thiophene rings is 3. The van der Waals surface area contributed by atoms with Crippen molar-refractivity contribution in [2.75, 3.05) is 18.7 Å². The summed E-state index contributed by atoms with van der Waals surface area (Å²) in [6.07, 6.45) is 4.44. The summed E-state index contributed by atoms with van der Waals surface area (Å²) in [5, 5.41) is 53.0. The summed E-state index contributed by atoms with van der Waals surface area (Å²) >= 11 is 3.33. The van der Waals surface area contributed by atoms with Gasteiger partial charge in [-0.3, -0.25) is 30.3 Å². The Balaban J connectivity index is -0.000000492. The monoisotopic (exact) mass is 712 g/mol. The van der Waals surface area contributed by atoms with Gasteiger partial charge in [-0.05, 0) is 24.0 Å². The van der Waals surface area contributed by atoms with Crippen molar-refractivity contribution < 1.29 is 76.0 Å². The van der Waals surface area contributed by atoms with Crippen LogP contribution in [-0.2, 0) is 12.8 Å². The zero-order valence-electron chi connectivity index (χ0n) is 26.2. The first-order chi connectivity index (χ1) is 20.5. The molecule has 0 amide bonds. The second-order valence-electron chi connectivity index (χ2n) is 8.60. The molecule has 4 N–H and O–H groups in total. The Morgan fingerprint density at radius 3 is 1.58 bits per heavy atom. The van der Waals surface area contributed by atoms with E-state index in [2.05, 4.69) is 23.4 Å². The third kappa shape index (κ3) is 22.3. The fraction of sp³-hybridized carbons (Fsp3) is 0.360. The van der Waals surface area contributed by atoms with Gasteiger partial charge in [-0.15, -0.1) is 29.0 Å². The molecule has 0 saturated heterocycles. The Morgan fingerprint density at radius 2 is 1.36 bits per heavy atom. The van der Waals surface area contributed by atoms with Crippen molar-refractivity contribution in [3.8, 4) is 5.75 Å². The van der Waals surface area contributed by atoms with Crippen molar-refractivity contribution in [2.24, 2.45) is 0 Å². The first-order valence-corrected chi connectivity index (χ1v) is 15.0. The number of hydrogen-bond donors (Lipinski definition) is 2. The standard InChI is InChI=1S/C6H8N2O2S.C6H7NO2S.C5H5NO3S.C4H9O.C2H4N4.C2H4.K/c1-2-4-3-11-6(5(4)7)8(9)10;1-2-5-3-6(7(8)9)10-4-5;1-9-4-2-5(6(7)8)10-3-4;1-4(2,3)5;3-6-1-4-5-2-6;1-2;/h3H,2,7H2,1H3;3-4H,2H2,1H3;2-3H,1H3;1-3H3;1-2H,3H2;1-2H2;/q;;;-1;;;+1. The van der Waals surface area contributed by atoms with Crippen LogP contribution in [0.25, 0.3) is 0 Å². The SMILES string of the molecule is C=C.CC(C)(C)[O-].CCc1csc([N+](=O)[O-])c1.CCc1csc([N+](=O)[O-])c1N.COc1csc([N+](=O)[O-])c1.Nn1cnnc1.[K+]. The van der Waals surface area contributed by atoms with Crippen LogP contribution in [0.5, 0.6) is 5.75 Å². The van der Waals surface area contributed by atoms with Gasteiger partial charge in [0.2, 0.25) is 0 Å². The van der Waals surface area contributed by atoms with Crippen molar-refractivity contribution in [1.29, 1.82) is 0 Å². The molecule has 0 unspecified atom stereocenters. The zero-order valence-corrected chi connectivity index (χ0v) is 31.8. The molecule has 244 valence electrons. The molecule has 0 aliphatic heterocycles. The molecule has 16 nitrogen and oxygen atoms in total. The van der Waals surface area contributed by atoms with E-state index in [4.69, 9.17) is 16.3 Å². The van der Waals surface area contributed by atoms with Gasteiger partial charge in [0.05, 0.1) is 27.9 Å². The van der Waals surface area contributed by atoms with Gasteiger partial charge in [0, 0.05) is 22.2 Å². The van der Waals surface area contributed by atoms with Crippen LogP contribution in [0.4, 0.5) is 20.7 Å². The Hall–Kier alpha value is -2.82. The number of rotatable bonds is 6. The smallest absolute Gasteiger partial charge is 0.850 e. The number of aryl methyl sites for hydroxylation is 2. The van der Waals surface area contributed by atoms with Crippen LogP contribution in [0.15, 0.2) is 54.1 Å². The van der Waals surface area contributed by atoms with E-state index in [1.807, 2.05) is 19.2 Å². The number of hydrogen-bond acceptors (Lipinski definition) is 15. The first kappa shape index (κ1) is 46.6. The maximum Gasteiger partial charge on any atom is 1.00 e. The topological polar surface area (TPSA) is 244 Å². The van der Waals surface area contributed by atoms with Crippen LogP contribution in [0.3, 0.4) is 0 Å². The molecule has 0 saturated carbocycles. The fourth-order valence-corrected chi connectivity index (χ4v) is 4.55. The van der Waals surface area contributed by atoms with Crippen LogP contribution in [0.2, 0.25) is 0 Å².